The summed E-state index contributed by atoms with van der Waals surface area (Å²) in [6.07, 6.45) is 5.03. The zero-order valence-corrected chi connectivity index (χ0v) is 19.4. The third-order valence-corrected chi connectivity index (χ3v) is 5.97. The Morgan fingerprint density at radius 2 is 1.94 bits per heavy atom. The van der Waals surface area contributed by atoms with Crippen molar-refractivity contribution in [3.05, 3.63) is 23.9 Å². The van der Waals surface area contributed by atoms with Gasteiger partial charge in [-0.05, 0) is 51.2 Å². The van der Waals surface area contributed by atoms with Crippen molar-refractivity contribution >= 4 is 17.7 Å². The molecule has 2 fully saturated rings. The van der Waals surface area contributed by atoms with Crippen LogP contribution in [0, 0.1) is 5.92 Å². The van der Waals surface area contributed by atoms with E-state index in [0.29, 0.717) is 18.9 Å². The second kappa shape index (κ2) is 11.3. The maximum atomic E-state index is 11.6. The predicted octanol–water partition coefficient (Wildman–Crippen LogP) is 2.01. The molecule has 2 saturated heterocycles. The molecule has 2 unspecified atom stereocenters. The first-order valence-corrected chi connectivity index (χ1v) is 11.6. The van der Waals surface area contributed by atoms with Crippen molar-refractivity contribution in [2.45, 2.75) is 58.8 Å². The number of carbonyl (C=O) groups excluding carboxylic acids is 1. The Labute approximate surface area is 186 Å². The molecule has 2 aliphatic rings. The van der Waals surface area contributed by atoms with E-state index in [1.807, 2.05) is 6.20 Å². The van der Waals surface area contributed by atoms with Crippen LogP contribution in [0.15, 0.2) is 23.3 Å². The molecule has 8 heteroatoms. The van der Waals surface area contributed by atoms with Gasteiger partial charge in [0.15, 0.2) is 5.96 Å². The normalized spacial score (nSPS) is 23.0. The van der Waals surface area contributed by atoms with E-state index < -0.39 is 0 Å². The van der Waals surface area contributed by atoms with Gasteiger partial charge in [-0.25, -0.2) is 9.98 Å². The number of likely N-dealkylation sites (tertiary alicyclic amines) is 1. The maximum absolute atomic E-state index is 11.6. The van der Waals surface area contributed by atoms with Gasteiger partial charge in [0.25, 0.3) is 0 Å². The molecule has 0 aliphatic carbocycles. The Morgan fingerprint density at radius 1 is 1.23 bits per heavy atom. The zero-order valence-electron chi connectivity index (χ0n) is 19.4. The van der Waals surface area contributed by atoms with Crippen molar-refractivity contribution < 1.29 is 9.53 Å². The standard InChI is InChI=1S/C23H38N6O2/c1-5-25-23(28-10-8-19(9-11-28)12-22(30)24-4)27-14-20-6-7-21(26-13-20)29-15-17(2)31-18(3)16-29/h6-7,13,17-19H,5,8-12,14-16H2,1-4H3,(H,24,30)(H,25,27). The summed E-state index contributed by atoms with van der Waals surface area (Å²) < 4.78 is 5.82. The third-order valence-electron chi connectivity index (χ3n) is 5.97. The number of hydrogen-bond donors (Lipinski definition) is 2. The number of piperidine rings is 1. The molecule has 31 heavy (non-hydrogen) atoms. The number of aliphatic imine (C=N–C) groups is 1. The van der Waals surface area contributed by atoms with Crippen molar-refractivity contribution in [1.82, 2.24) is 20.5 Å². The van der Waals surface area contributed by atoms with Gasteiger partial charge in [-0.15, -0.1) is 0 Å². The Bertz CT molecular complexity index is 720. The first kappa shape index (κ1) is 23.3. The summed E-state index contributed by atoms with van der Waals surface area (Å²) in [5.74, 6) is 2.54. The molecule has 0 spiro atoms. The van der Waals surface area contributed by atoms with Crippen LogP contribution in [0.5, 0.6) is 0 Å². The van der Waals surface area contributed by atoms with E-state index in [0.717, 1.165) is 62.9 Å². The highest BCUT2D eigenvalue weighted by Gasteiger charge is 2.24. The molecule has 3 heterocycles. The van der Waals surface area contributed by atoms with Crippen molar-refractivity contribution in [3.63, 3.8) is 0 Å². The maximum Gasteiger partial charge on any atom is 0.220 e. The van der Waals surface area contributed by atoms with Crippen molar-refractivity contribution in [2.24, 2.45) is 10.9 Å². The molecule has 1 amide bonds. The predicted molar refractivity (Wildman–Crippen MR) is 124 cm³/mol. The number of aromatic nitrogens is 1. The number of morpholine rings is 1. The second-order valence-corrected chi connectivity index (χ2v) is 8.66. The van der Waals surface area contributed by atoms with Gasteiger partial charge >= 0.3 is 0 Å². The van der Waals surface area contributed by atoms with Gasteiger partial charge in [0.05, 0.1) is 18.8 Å². The number of carbonyl (C=O) groups is 1. The molecule has 8 nitrogen and oxygen atoms in total. The highest BCUT2D eigenvalue weighted by molar-refractivity contribution is 5.80. The molecule has 172 valence electrons. The third kappa shape index (κ3) is 6.82. The van der Waals surface area contributed by atoms with Crippen LogP contribution in [0.1, 0.15) is 45.6 Å². The molecule has 0 saturated carbocycles. The summed E-state index contributed by atoms with van der Waals surface area (Å²) in [5, 5.41) is 6.15. The van der Waals surface area contributed by atoms with E-state index in [1.54, 1.807) is 7.05 Å². The van der Waals surface area contributed by atoms with Crippen LogP contribution in [-0.2, 0) is 16.1 Å². The topological polar surface area (TPSA) is 82.1 Å². The number of hydrogen-bond acceptors (Lipinski definition) is 5. The van der Waals surface area contributed by atoms with Crippen LogP contribution in [-0.4, -0.2) is 73.7 Å². The van der Waals surface area contributed by atoms with Gasteiger partial charge in [0.1, 0.15) is 5.82 Å². The van der Waals surface area contributed by atoms with Gasteiger partial charge in [-0.2, -0.15) is 0 Å². The molecule has 1 aromatic rings. The summed E-state index contributed by atoms with van der Waals surface area (Å²) in [5.41, 5.74) is 1.10. The largest absolute Gasteiger partial charge is 0.372 e. The van der Waals surface area contributed by atoms with E-state index >= 15 is 0 Å². The minimum Gasteiger partial charge on any atom is -0.372 e. The lowest BCUT2D eigenvalue weighted by atomic mass is 9.93. The Balaban J connectivity index is 1.56. The number of ether oxygens (including phenoxy) is 1. The van der Waals surface area contributed by atoms with Gasteiger partial charge in [0.2, 0.25) is 5.91 Å². The monoisotopic (exact) mass is 430 g/mol. The lowest BCUT2D eigenvalue weighted by Crippen LogP contribution is -2.46. The quantitative estimate of drug-likeness (QED) is 0.531. The molecule has 0 bridgehead atoms. The number of anilines is 1. The van der Waals surface area contributed by atoms with Crippen LogP contribution in [0.25, 0.3) is 0 Å². The number of pyridine rings is 1. The number of nitrogens with zero attached hydrogens (tertiary/aromatic N) is 4. The van der Waals surface area contributed by atoms with E-state index in [9.17, 15) is 4.79 Å². The molecule has 0 radical (unpaired) electrons. The number of rotatable bonds is 6. The molecule has 1 aromatic heterocycles. The smallest absolute Gasteiger partial charge is 0.220 e. The molecular weight excluding hydrogens is 392 g/mol. The summed E-state index contributed by atoms with van der Waals surface area (Å²) in [6.45, 7) is 11.3. The van der Waals surface area contributed by atoms with Crippen LogP contribution in [0.2, 0.25) is 0 Å². The lowest BCUT2D eigenvalue weighted by Gasteiger charge is -2.36. The highest BCUT2D eigenvalue weighted by atomic mass is 16.5. The first-order chi connectivity index (χ1) is 15.0. The van der Waals surface area contributed by atoms with E-state index in [1.165, 1.54) is 0 Å². The summed E-state index contributed by atoms with van der Waals surface area (Å²) in [6, 6.07) is 4.21. The van der Waals surface area contributed by atoms with Crippen molar-refractivity contribution in [1.29, 1.82) is 0 Å². The van der Waals surface area contributed by atoms with Crippen LogP contribution in [0.3, 0.4) is 0 Å². The molecule has 3 rings (SSSR count). The van der Waals surface area contributed by atoms with Gasteiger partial charge < -0.3 is 25.2 Å². The molecular formula is C23H38N6O2. The first-order valence-electron chi connectivity index (χ1n) is 11.6. The summed E-state index contributed by atoms with van der Waals surface area (Å²) in [4.78, 5) is 25.8. The fraction of sp³-hybridized carbons (Fsp3) is 0.696. The summed E-state index contributed by atoms with van der Waals surface area (Å²) >= 11 is 0. The Morgan fingerprint density at radius 3 is 2.52 bits per heavy atom. The van der Waals surface area contributed by atoms with E-state index in [-0.39, 0.29) is 18.1 Å². The van der Waals surface area contributed by atoms with Crippen LogP contribution < -0.4 is 15.5 Å². The molecule has 0 aromatic carbocycles. The SMILES string of the molecule is CCNC(=NCc1ccc(N2CC(C)OC(C)C2)nc1)N1CCC(CC(=O)NC)CC1. The minimum absolute atomic E-state index is 0.135. The number of nitrogens with one attached hydrogen (secondary N) is 2. The Kier molecular flexibility index (Phi) is 8.51. The molecule has 2 atom stereocenters. The van der Waals surface area contributed by atoms with E-state index in [2.05, 4.69) is 58.3 Å². The van der Waals surface area contributed by atoms with Gasteiger partial charge in [-0.1, -0.05) is 6.07 Å². The van der Waals surface area contributed by atoms with Crippen LogP contribution in [0.4, 0.5) is 5.82 Å². The van der Waals surface area contributed by atoms with Crippen LogP contribution >= 0.6 is 0 Å². The van der Waals surface area contributed by atoms with Crippen molar-refractivity contribution in [2.75, 3.05) is 44.7 Å². The lowest BCUT2D eigenvalue weighted by molar-refractivity contribution is -0.121. The number of amides is 1. The zero-order chi connectivity index (χ0) is 22.2. The van der Waals surface area contributed by atoms with E-state index in [4.69, 9.17) is 9.73 Å². The summed E-state index contributed by atoms with van der Waals surface area (Å²) in [7, 11) is 1.71. The van der Waals surface area contributed by atoms with Crippen molar-refractivity contribution in [3.8, 4) is 0 Å². The van der Waals surface area contributed by atoms with Gasteiger partial charge in [0, 0.05) is 52.4 Å². The molecule has 2 N–H and O–H groups in total. The Hall–Kier alpha value is -2.35. The fourth-order valence-corrected chi connectivity index (χ4v) is 4.37. The number of guanidine groups is 1. The minimum atomic E-state index is 0.135. The fourth-order valence-electron chi connectivity index (χ4n) is 4.37. The highest BCUT2D eigenvalue weighted by Crippen LogP contribution is 2.21. The van der Waals surface area contributed by atoms with Gasteiger partial charge in [-0.3, -0.25) is 4.79 Å². The average molecular weight is 431 g/mol. The molecule has 2 aliphatic heterocycles. The second-order valence-electron chi connectivity index (χ2n) is 8.66. The average Bonchev–Trinajstić information content (AvgIpc) is 2.77.